The maximum absolute atomic E-state index is 6.17. The summed E-state index contributed by atoms with van der Waals surface area (Å²) in [6, 6.07) is 0.325. The molecule has 0 aromatic heterocycles. The first kappa shape index (κ1) is 13.0. The van der Waals surface area contributed by atoms with Crippen molar-refractivity contribution >= 4 is 0 Å². The van der Waals surface area contributed by atoms with Crippen LogP contribution in [0.5, 0.6) is 0 Å². The van der Waals surface area contributed by atoms with Crippen molar-refractivity contribution in [3.05, 3.63) is 0 Å². The standard InChI is InChI=1S/C13H28N2/c1-5-15(10-11-6-7-11)9-8-12(14)13(2,3)4/h11-12H,5-10,14H2,1-4H3. The van der Waals surface area contributed by atoms with Gasteiger partial charge in [0.1, 0.15) is 0 Å². The van der Waals surface area contributed by atoms with Gasteiger partial charge in [-0.2, -0.15) is 0 Å². The Hall–Kier alpha value is -0.0800. The molecule has 1 aliphatic carbocycles. The average molecular weight is 212 g/mol. The van der Waals surface area contributed by atoms with Crippen LogP contribution in [0.3, 0.4) is 0 Å². The second kappa shape index (κ2) is 5.31. The summed E-state index contributed by atoms with van der Waals surface area (Å²) in [5, 5.41) is 0. The highest BCUT2D eigenvalue weighted by Gasteiger charge is 2.25. The third kappa shape index (κ3) is 4.98. The summed E-state index contributed by atoms with van der Waals surface area (Å²) in [5.41, 5.74) is 6.42. The van der Waals surface area contributed by atoms with Gasteiger partial charge in [0.2, 0.25) is 0 Å². The van der Waals surface area contributed by atoms with Crippen LogP contribution >= 0.6 is 0 Å². The molecule has 0 saturated heterocycles. The Balaban J connectivity index is 2.20. The number of hydrogen-bond acceptors (Lipinski definition) is 2. The minimum absolute atomic E-state index is 0.249. The first-order valence-electron chi connectivity index (χ1n) is 6.41. The van der Waals surface area contributed by atoms with Crippen LogP contribution in [-0.2, 0) is 0 Å². The van der Waals surface area contributed by atoms with Crippen molar-refractivity contribution in [2.45, 2.75) is 53.0 Å². The van der Waals surface area contributed by atoms with Gasteiger partial charge in [-0.25, -0.2) is 0 Å². The van der Waals surface area contributed by atoms with Crippen molar-refractivity contribution in [2.75, 3.05) is 19.6 Å². The van der Waals surface area contributed by atoms with E-state index in [2.05, 4.69) is 32.6 Å². The van der Waals surface area contributed by atoms with Crippen LogP contribution in [0.2, 0.25) is 0 Å². The second-order valence-corrected chi connectivity index (χ2v) is 6.10. The highest BCUT2D eigenvalue weighted by molar-refractivity contribution is 4.80. The van der Waals surface area contributed by atoms with Crippen LogP contribution in [-0.4, -0.2) is 30.6 Å². The molecule has 1 aliphatic rings. The SMILES string of the molecule is CCN(CCC(N)C(C)(C)C)CC1CC1. The topological polar surface area (TPSA) is 29.3 Å². The molecule has 0 aromatic carbocycles. The molecule has 2 heteroatoms. The van der Waals surface area contributed by atoms with Crippen molar-refractivity contribution < 1.29 is 0 Å². The van der Waals surface area contributed by atoms with E-state index in [1.807, 2.05) is 0 Å². The zero-order valence-corrected chi connectivity index (χ0v) is 10.9. The molecule has 0 spiro atoms. The molecule has 1 unspecified atom stereocenters. The zero-order valence-electron chi connectivity index (χ0n) is 10.9. The Labute approximate surface area is 95.2 Å². The summed E-state index contributed by atoms with van der Waals surface area (Å²) in [4.78, 5) is 2.56. The predicted molar refractivity (Wildman–Crippen MR) is 66.9 cm³/mol. The van der Waals surface area contributed by atoms with Crippen molar-refractivity contribution in [1.29, 1.82) is 0 Å². The molecule has 0 radical (unpaired) electrons. The van der Waals surface area contributed by atoms with Gasteiger partial charge in [-0.1, -0.05) is 27.7 Å². The third-order valence-corrected chi connectivity index (χ3v) is 3.53. The second-order valence-electron chi connectivity index (χ2n) is 6.10. The number of nitrogens with two attached hydrogens (primary N) is 1. The molecular formula is C13H28N2. The Morgan fingerprint density at radius 2 is 1.93 bits per heavy atom. The molecule has 0 bridgehead atoms. The molecule has 90 valence electrons. The van der Waals surface area contributed by atoms with Crippen molar-refractivity contribution in [3.8, 4) is 0 Å². The fraction of sp³-hybridized carbons (Fsp3) is 1.00. The monoisotopic (exact) mass is 212 g/mol. The van der Waals surface area contributed by atoms with Crippen LogP contribution in [0.15, 0.2) is 0 Å². The highest BCUT2D eigenvalue weighted by atomic mass is 15.1. The maximum atomic E-state index is 6.17. The Bertz CT molecular complexity index is 179. The van der Waals surface area contributed by atoms with E-state index in [4.69, 9.17) is 5.73 Å². The number of hydrogen-bond donors (Lipinski definition) is 1. The van der Waals surface area contributed by atoms with Gasteiger partial charge >= 0.3 is 0 Å². The molecule has 1 saturated carbocycles. The predicted octanol–water partition coefficient (Wildman–Crippen LogP) is 2.48. The van der Waals surface area contributed by atoms with Gasteiger partial charge in [0.05, 0.1) is 0 Å². The summed E-state index contributed by atoms with van der Waals surface area (Å²) in [6.45, 7) is 12.6. The van der Waals surface area contributed by atoms with E-state index in [9.17, 15) is 0 Å². The summed E-state index contributed by atoms with van der Waals surface area (Å²) in [5.74, 6) is 0.996. The molecule has 2 N–H and O–H groups in total. The Kier molecular flexibility index (Phi) is 4.60. The number of rotatable bonds is 6. The number of nitrogens with zero attached hydrogens (tertiary/aromatic N) is 1. The van der Waals surface area contributed by atoms with Gasteiger partial charge < -0.3 is 10.6 Å². The van der Waals surface area contributed by atoms with Crippen LogP contribution in [0.1, 0.15) is 47.0 Å². The van der Waals surface area contributed by atoms with Crippen molar-refractivity contribution in [3.63, 3.8) is 0 Å². The molecular weight excluding hydrogens is 184 g/mol. The lowest BCUT2D eigenvalue weighted by Gasteiger charge is -2.29. The van der Waals surface area contributed by atoms with Gasteiger partial charge in [-0.05, 0) is 43.7 Å². The smallest absolute Gasteiger partial charge is 0.00998 e. The van der Waals surface area contributed by atoms with Gasteiger partial charge in [-0.3, -0.25) is 0 Å². The fourth-order valence-electron chi connectivity index (χ4n) is 1.80. The average Bonchev–Trinajstić information content (AvgIpc) is 2.93. The van der Waals surface area contributed by atoms with Crippen LogP contribution in [0.4, 0.5) is 0 Å². The van der Waals surface area contributed by atoms with E-state index < -0.39 is 0 Å². The Morgan fingerprint density at radius 3 is 2.33 bits per heavy atom. The van der Waals surface area contributed by atoms with Crippen LogP contribution in [0.25, 0.3) is 0 Å². The molecule has 1 rings (SSSR count). The Morgan fingerprint density at radius 1 is 1.33 bits per heavy atom. The van der Waals surface area contributed by atoms with Gasteiger partial charge in [0, 0.05) is 12.6 Å². The summed E-state index contributed by atoms with van der Waals surface area (Å²) in [6.07, 6.45) is 4.02. The lowest BCUT2D eigenvalue weighted by Crippen LogP contribution is -2.39. The maximum Gasteiger partial charge on any atom is 0.00998 e. The highest BCUT2D eigenvalue weighted by Crippen LogP contribution is 2.30. The molecule has 0 aliphatic heterocycles. The summed E-state index contributed by atoms with van der Waals surface area (Å²) < 4.78 is 0. The van der Waals surface area contributed by atoms with E-state index in [0.717, 1.165) is 12.3 Å². The van der Waals surface area contributed by atoms with Gasteiger partial charge in [-0.15, -0.1) is 0 Å². The van der Waals surface area contributed by atoms with E-state index in [-0.39, 0.29) is 5.41 Å². The van der Waals surface area contributed by atoms with E-state index in [0.29, 0.717) is 6.04 Å². The lowest BCUT2D eigenvalue weighted by atomic mass is 9.85. The zero-order chi connectivity index (χ0) is 11.5. The minimum Gasteiger partial charge on any atom is -0.327 e. The molecule has 15 heavy (non-hydrogen) atoms. The summed E-state index contributed by atoms with van der Waals surface area (Å²) in [7, 11) is 0. The lowest BCUT2D eigenvalue weighted by molar-refractivity contribution is 0.229. The molecule has 0 amide bonds. The largest absolute Gasteiger partial charge is 0.327 e. The first-order chi connectivity index (χ1) is 6.93. The van der Waals surface area contributed by atoms with Crippen LogP contribution in [0, 0.1) is 11.3 Å². The fourth-order valence-corrected chi connectivity index (χ4v) is 1.80. The van der Waals surface area contributed by atoms with Gasteiger partial charge in [0.25, 0.3) is 0 Å². The van der Waals surface area contributed by atoms with Gasteiger partial charge in [0.15, 0.2) is 0 Å². The third-order valence-electron chi connectivity index (χ3n) is 3.53. The molecule has 1 atom stereocenters. The quantitative estimate of drug-likeness (QED) is 0.733. The van der Waals surface area contributed by atoms with E-state index in [1.165, 1.54) is 32.5 Å². The molecule has 2 nitrogen and oxygen atoms in total. The minimum atomic E-state index is 0.249. The molecule has 0 aromatic rings. The normalized spacial score (nSPS) is 19.6. The van der Waals surface area contributed by atoms with Crippen molar-refractivity contribution in [1.82, 2.24) is 4.90 Å². The van der Waals surface area contributed by atoms with Crippen LogP contribution < -0.4 is 5.73 Å². The molecule has 1 fully saturated rings. The van der Waals surface area contributed by atoms with Crippen molar-refractivity contribution in [2.24, 2.45) is 17.1 Å². The first-order valence-corrected chi connectivity index (χ1v) is 6.41. The summed E-state index contributed by atoms with van der Waals surface area (Å²) >= 11 is 0. The van der Waals surface area contributed by atoms with E-state index >= 15 is 0 Å². The molecule has 0 heterocycles. The van der Waals surface area contributed by atoms with E-state index in [1.54, 1.807) is 0 Å².